The highest BCUT2D eigenvalue weighted by Gasteiger charge is 2.18. The lowest BCUT2D eigenvalue weighted by atomic mass is 9.95. The molecule has 0 saturated carbocycles. The lowest BCUT2D eigenvalue weighted by Gasteiger charge is -2.21. The Labute approximate surface area is 114 Å². The highest BCUT2D eigenvalue weighted by Crippen LogP contribution is 2.31. The second kappa shape index (κ2) is 5.68. The molecule has 96 valence electrons. The average molecular weight is 259 g/mol. The van der Waals surface area contributed by atoms with Crippen LogP contribution in [0.25, 0.3) is 0 Å². The summed E-state index contributed by atoms with van der Waals surface area (Å²) < 4.78 is 0. The van der Waals surface area contributed by atoms with Crippen LogP contribution in [0, 0.1) is 20.8 Å². The van der Waals surface area contributed by atoms with E-state index in [1.54, 1.807) is 0 Å². The third kappa shape index (κ3) is 2.50. The van der Waals surface area contributed by atoms with Crippen molar-refractivity contribution in [3.05, 3.63) is 56.8 Å². The molecule has 1 unspecified atom stereocenters. The summed E-state index contributed by atoms with van der Waals surface area (Å²) in [5, 5.41) is 5.80. The van der Waals surface area contributed by atoms with Crippen LogP contribution in [0.3, 0.4) is 0 Å². The Bertz CT molecular complexity index is 528. The van der Waals surface area contributed by atoms with E-state index in [1.807, 2.05) is 11.3 Å². The van der Waals surface area contributed by atoms with Crippen LogP contribution in [-0.2, 0) is 0 Å². The molecule has 0 saturated heterocycles. The van der Waals surface area contributed by atoms with Crippen molar-refractivity contribution in [2.24, 2.45) is 0 Å². The van der Waals surface area contributed by atoms with Gasteiger partial charge in [-0.3, -0.25) is 0 Å². The van der Waals surface area contributed by atoms with Gasteiger partial charge in [0.15, 0.2) is 0 Å². The van der Waals surface area contributed by atoms with E-state index in [9.17, 15) is 0 Å². The minimum atomic E-state index is 0.329. The smallest absolute Gasteiger partial charge is 0.0676 e. The first-order valence-electron chi connectivity index (χ1n) is 6.48. The predicted molar refractivity (Wildman–Crippen MR) is 80.5 cm³/mol. The van der Waals surface area contributed by atoms with Crippen LogP contribution in [0.1, 0.15) is 40.1 Å². The van der Waals surface area contributed by atoms with Crippen molar-refractivity contribution in [2.45, 2.75) is 33.7 Å². The van der Waals surface area contributed by atoms with Crippen molar-refractivity contribution in [1.29, 1.82) is 0 Å². The second-order valence-electron chi connectivity index (χ2n) is 4.75. The molecule has 1 aromatic heterocycles. The van der Waals surface area contributed by atoms with Gasteiger partial charge in [0.05, 0.1) is 6.04 Å². The maximum atomic E-state index is 3.62. The molecule has 0 spiro atoms. The van der Waals surface area contributed by atoms with E-state index < -0.39 is 0 Å². The molecular weight excluding hydrogens is 238 g/mol. The predicted octanol–water partition coefficient (Wildman–Crippen LogP) is 4.37. The molecule has 2 heteroatoms. The Morgan fingerprint density at radius 3 is 2.50 bits per heavy atom. The maximum absolute atomic E-state index is 3.62. The molecule has 0 aliphatic heterocycles. The second-order valence-corrected chi connectivity index (χ2v) is 5.70. The molecule has 1 atom stereocenters. The number of thiophene rings is 1. The van der Waals surface area contributed by atoms with E-state index in [1.165, 1.54) is 27.1 Å². The molecule has 1 aromatic carbocycles. The van der Waals surface area contributed by atoms with Crippen LogP contribution in [0.4, 0.5) is 0 Å². The topological polar surface area (TPSA) is 12.0 Å². The Kier molecular flexibility index (Phi) is 4.20. The molecule has 0 aliphatic rings. The largest absolute Gasteiger partial charge is 0.306 e. The van der Waals surface area contributed by atoms with Gasteiger partial charge in [0.2, 0.25) is 0 Å². The third-order valence-electron chi connectivity index (χ3n) is 3.53. The van der Waals surface area contributed by atoms with Crippen molar-refractivity contribution >= 4 is 11.3 Å². The third-order valence-corrected chi connectivity index (χ3v) is 4.61. The van der Waals surface area contributed by atoms with Crippen molar-refractivity contribution in [2.75, 3.05) is 6.54 Å². The van der Waals surface area contributed by atoms with E-state index in [2.05, 4.69) is 62.7 Å². The van der Waals surface area contributed by atoms with Crippen LogP contribution < -0.4 is 5.32 Å². The monoisotopic (exact) mass is 259 g/mol. The van der Waals surface area contributed by atoms with Gasteiger partial charge in [-0.25, -0.2) is 0 Å². The Morgan fingerprint density at radius 2 is 1.89 bits per heavy atom. The number of hydrogen-bond acceptors (Lipinski definition) is 2. The fourth-order valence-corrected chi connectivity index (χ4v) is 3.33. The number of rotatable bonds is 4. The number of hydrogen-bond donors (Lipinski definition) is 1. The zero-order valence-corrected chi connectivity index (χ0v) is 12.4. The Hall–Kier alpha value is -1.12. The van der Waals surface area contributed by atoms with Gasteiger partial charge in [-0.15, -0.1) is 11.3 Å². The van der Waals surface area contributed by atoms with Gasteiger partial charge in [0.1, 0.15) is 0 Å². The molecule has 1 N–H and O–H groups in total. The maximum Gasteiger partial charge on any atom is 0.0676 e. The normalized spacial score (nSPS) is 12.7. The van der Waals surface area contributed by atoms with Crippen molar-refractivity contribution < 1.29 is 0 Å². The van der Waals surface area contributed by atoms with Gasteiger partial charge >= 0.3 is 0 Å². The van der Waals surface area contributed by atoms with Gasteiger partial charge in [-0.2, -0.15) is 0 Å². The van der Waals surface area contributed by atoms with Gasteiger partial charge in [-0.05, 0) is 61.0 Å². The summed E-state index contributed by atoms with van der Waals surface area (Å²) in [7, 11) is 0. The average Bonchev–Trinajstić information content (AvgIpc) is 2.76. The molecule has 0 fully saturated rings. The minimum absolute atomic E-state index is 0.329. The van der Waals surface area contributed by atoms with Crippen molar-refractivity contribution in [3.63, 3.8) is 0 Å². The molecule has 2 aromatic rings. The molecule has 0 amide bonds. The SMILES string of the molecule is CCNC(c1cccc(C)c1C)c1sccc1C. The quantitative estimate of drug-likeness (QED) is 0.859. The molecular formula is C16H21NS. The molecule has 1 heterocycles. The highest BCUT2D eigenvalue weighted by atomic mass is 32.1. The molecule has 18 heavy (non-hydrogen) atoms. The zero-order chi connectivity index (χ0) is 13.1. The van der Waals surface area contributed by atoms with E-state index in [4.69, 9.17) is 0 Å². The fourth-order valence-electron chi connectivity index (χ4n) is 2.31. The summed E-state index contributed by atoms with van der Waals surface area (Å²) >= 11 is 1.84. The minimum Gasteiger partial charge on any atom is -0.306 e. The lowest BCUT2D eigenvalue weighted by Crippen LogP contribution is -2.22. The summed E-state index contributed by atoms with van der Waals surface area (Å²) in [6.45, 7) is 9.75. The summed E-state index contributed by atoms with van der Waals surface area (Å²) in [5.74, 6) is 0. The molecule has 0 bridgehead atoms. The van der Waals surface area contributed by atoms with Crippen LogP contribution in [0.5, 0.6) is 0 Å². The first kappa shape index (κ1) is 13.3. The molecule has 0 radical (unpaired) electrons. The van der Waals surface area contributed by atoms with Gasteiger partial charge in [0, 0.05) is 4.88 Å². The number of aryl methyl sites for hydroxylation is 2. The van der Waals surface area contributed by atoms with E-state index >= 15 is 0 Å². The molecule has 0 aliphatic carbocycles. The molecule has 2 rings (SSSR count). The fraction of sp³-hybridized carbons (Fsp3) is 0.375. The first-order chi connectivity index (χ1) is 8.65. The number of benzene rings is 1. The lowest BCUT2D eigenvalue weighted by molar-refractivity contribution is 0.633. The van der Waals surface area contributed by atoms with Gasteiger partial charge in [-0.1, -0.05) is 25.1 Å². The Morgan fingerprint density at radius 1 is 1.11 bits per heavy atom. The number of nitrogens with one attached hydrogen (secondary N) is 1. The van der Waals surface area contributed by atoms with Crippen LogP contribution in [-0.4, -0.2) is 6.54 Å². The van der Waals surface area contributed by atoms with Crippen LogP contribution >= 0.6 is 11.3 Å². The summed E-state index contributed by atoms with van der Waals surface area (Å²) in [5.41, 5.74) is 5.55. The van der Waals surface area contributed by atoms with E-state index in [0.717, 1.165) is 6.54 Å². The summed E-state index contributed by atoms with van der Waals surface area (Å²) in [4.78, 5) is 1.44. The summed E-state index contributed by atoms with van der Waals surface area (Å²) in [6.07, 6.45) is 0. The van der Waals surface area contributed by atoms with Crippen LogP contribution in [0.15, 0.2) is 29.6 Å². The summed E-state index contributed by atoms with van der Waals surface area (Å²) in [6, 6.07) is 9.12. The van der Waals surface area contributed by atoms with E-state index in [-0.39, 0.29) is 0 Å². The van der Waals surface area contributed by atoms with Gasteiger partial charge in [0.25, 0.3) is 0 Å². The van der Waals surface area contributed by atoms with Crippen molar-refractivity contribution in [3.8, 4) is 0 Å². The molecule has 1 nitrogen and oxygen atoms in total. The highest BCUT2D eigenvalue weighted by molar-refractivity contribution is 7.10. The standard InChI is InChI=1S/C16H21NS/c1-5-17-15(16-12(3)9-10-18-16)14-8-6-7-11(2)13(14)4/h6-10,15,17H,5H2,1-4H3. The van der Waals surface area contributed by atoms with Gasteiger partial charge < -0.3 is 5.32 Å². The first-order valence-corrected chi connectivity index (χ1v) is 7.36. The zero-order valence-electron chi connectivity index (χ0n) is 11.6. The van der Waals surface area contributed by atoms with Crippen LogP contribution in [0.2, 0.25) is 0 Å². The van der Waals surface area contributed by atoms with E-state index in [0.29, 0.717) is 6.04 Å². The van der Waals surface area contributed by atoms with Crippen molar-refractivity contribution in [1.82, 2.24) is 5.32 Å². The Balaban J connectivity index is 2.48.